The molecule has 1 heterocycles. The topological polar surface area (TPSA) is 44.8 Å². The van der Waals surface area contributed by atoms with Crippen LogP contribution in [0.1, 0.15) is 53.9 Å². The molecule has 1 aliphatic heterocycles. The van der Waals surface area contributed by atoms with Crippen molar-refractivity contribution < 1.29 is 19.0 Å². The summed E-state index contributed by atoms with van der Waals surface area (Å²) in [5.41, 5.74) is -0.393. The van der Waals surface area contributed by atoms with Gasteiger partial charge in [-0.2, -0.15) is 0 Å². The second kappa shape index (κ2) is 6.02. The molecule has 1 unspecified atom stereocenters. The van der Waals surface area contributed by atoms with Crippen LogP contribution in [0.15, 0.2) is 0 Å². The summed E-state index contributed by atoms with van der Waals surface area (Å²) >= 11 is 0. The van der Waals surface area contributed by atoms with Crippen molar-refractivity contribution in [2.24, 2.45) is 5.41 Å². The molecule has 0 radical (unpaired) electrons. The molecular weight excluding hydrogens is 232 g/mol. The number of hydrogen-bond acceptors (Lipinski definition) is 4. The Morgan fingerprint density at radius 2 is 2.11 bits per heavy atom. The third-order valence-corrected chi connectivity index (χ3v) is 3.45. The lowest BCUT2D eigenvalue weighted by Crippen LogP contribution is -2.40. The maximum Gasteiger partial charge on any atom is 0.311 e. The van der Waals surface area contributed by atoms with Gasteiger partial charge in [0, 0.05) is 6.42 Å². The lowest BCUT2D eigenvalue weighted by molar-refractivity contribution is -0.274. The standard InChI is InChI=1S/C14H26O4/c1-6-13(2,3)12(15)16-9-7-11-8-10-17-14(4,5)18-11/h11H,6-10H2,1-5H3. The van der Waals surface area contributed by atoms with E-state index >= 15 is 0 Å². The van der Waals surface area contributed by atoms with Crippen LogP contribution in [0.3, 0.4) is 0 Å². The predicted octanol–water partition coefficient (Wildman–Crippen LogP) is 2.90. The molecule has 0 aromatic heterocycles. The van der Waals surface area contributed by atoms with E-state index in [0.29, 0.717) is 13.2 Å². The zero-order chi connectivity index (χ0) is 13.8. The number of hydrogen-bond donors (Lipinski definition) is 0. The molecule has 1 atom stereocenters. The summed E-state index contributed by atoms with van der Waals surface area (Å²) in [6.45, 7) is 10.7. The maximum absolute atomic E-state index is 11.8. The minimum Gasteiger partial charge on any atom is -0.465 e. The largest absolute Gasteiger partial charge is 0.465 e. The Kier molecular flexibility index (Phi) is 5.17. The highest BCUT2D eigenvalue weighted by atomic mass is 16.7. The Morgan fingerprint density at radius 1 is 1.44 bits per heavy atom. The van der Waals surface area contributed by atoms with Crippen molar-refractivity contribution in [2.45, 2.75) is 65.8 Å². The molecule has 0 amide bonds. The van der Waals surface area contributed by atoms with Crippen LogP contribution in [0.2, 0.25) is 0 Å². The molecule has 0 spiro atoms. The van der Waals surface area contributed by atoms with Crippen molar-refractivity contribution in [2.75, 3.05) is 13.2 Å². The highest BCUT2D eigenvalue weighted by Crippen LogP contribution is 2.25. The Bertz CT molecular complexity index is 284. The summed E-state index contributed by atoms with van der Waals surface area (Å²) in [6, 6.07) is 0. The summed E-state index contributed by atoms with van der Waals surface area (Å²) in [5.74, 6) is -0.647. The first-order valence-electron chi connectivity index (χ1n) is 6.76. The van der Waals surface area contributed by atoms with Crippen LogP contribution in [0.5, 0.6) is 0 Å². The zero-order valence-electron chi connectivity index (χ0n) is 12.2. The normalized spacial score (nSPS) is 23.7. The van der Waals surface area contributed by atoms with E-state index < -0.39 is 11.2 Å². The van der Waals surface area contributed by atoms with Gasteiger partial charge < -0.3 is 14.2 Å². The smallest absolute Gasteiger partial charge is 0.311 e. The molecule has 0 aliphatic carbocycles. The maximum atomic E-state index is 11.8. The van der Waals surface area contributed by atoms with Crippen molar-refractivity contribution in [1.29, 1.82) is 0 Å². The van der Waals surface area contributed by atoms with Gasteiger partial charge in [-0.25, -0.2) is 0 Å². The van der Waals surface area contributed by atoms with Crippen molar-refractivity contribution >= 4 is 5.97 Å². The minimum atomic E-state index is -0.518. The third-order valence-electron chi connectivity index (χ3n) is 3.45. The summed E-state index contributed by atoms with van der Waals surface area (Å²) in [6.07, 6.45) is 2.50. The van der Waals surface area contributed by atoms with Gasteiger partial charge in [-0.05, 0) is 40.5 Å². The van der Waals surface area contributed by atoms with Crippen LogP contribution in [-0.4, -0.2) is 31.1 Å². The first-order valence-corrected chi connectivity index (χ1v) is 6.76. The van der Waals surface area contributed by atoms with Gasteiger partial charge >= 0.3 is 5.97 Å². The van der Waals surface area contributed by atoms with Crippen LogP contribution < -0.4 is 0 Å². The first-order chi connectivity index (χ1) is 8.27. The average molecular weight is 258 g/mol. The second-order valence-electron chi connectivity index (χ2n) is 5.94. The van der Waals surface area contributed by atoms with Gasteiger partial charge in [-0.1, -0.05) is 6.92 Å². The average Bonchev–Trinajstić information content (AvgIpc) is 2.27. The van der Waals surface area contributed by atoms with E-state index in [2.05, 4.69) is 0 Å². The summed E-state index contributed by atoms with van der Waals surface area (Å²) in [7, 11) is 0. The molecule has 0 N–H and O–H groups in total. The van der Waals surface area contributed by atoms with Crippen LogP contribution in [0, 0.1) is 5.41 Å². The molecular formula is C14H26O4. The highest BCUT2D eigenvalue weighted by Gasteiger charge is 2.30. The lowest BCUT2D eigenvalue weighted by Gasteiger charge is -2.36. The number of carbonyl (C=O) groups is 1. The van der Waals surface area contributed by atoms with Gasteiger partial charge in [0.15, 0.2) is 5.79 Å². The van der Waals surface area contributed by atoms with Crippen molar-refractivity contribution in [3.63, 3.8) is 0 Å². The van der Waals surface area contributed by atoms with E-state index in [0.717, 1.165) is 19.3 Å². The molecule has 4 heteroatoms. The van der Waals surface area contributed by atoms with E-state index in [9.17, 15) is 4.79 Å². The van der Waals surface area contributed by atoms with E-state index in [4.69, 9.17) is 14.2 Å². The fourth-order valence-corrected chi connectivity index (χ4v) is 1.76. The molecule has 1 rings (SSSR count). The molecule has 1 aliphatic rings. The molecule has 18 heavy (non-hydrogen) atoms. The van der Waals surface area contributed by atoms with Crippen LogP contribution in [0.25, 0.3) is 0 Å². The van der Waals surface area contributed by atoms with Crippen LogP contribution in [-0.2, 0) is 19.0 Å². The van der Waals surface area contributed by atoms with E-state index in [1.165, 1.54) is 0 Å². The summed E-state index contributed by atoms with van der Waals surface area (Å²) in [4.78, 5) is 11.8. The molecule has 0 aromatic carbocycles. The molecule has 0 aromatic rings. The lowest BCUT2D eigenvalue weighted by atomic mass is 9.91. The molecule has 1 fully saturated rings. The predicted molar refractivity (Wildman–Crippen MR) is 69.2 cm³/mol. The Labute approximate surface area is 110 Å². The molecule has 4 nitrogen and oxygen atoms in total. The van der Waals surface area contributed by atoms with Crippen molar-refractivity contribution in [3.05, 3.63) is 0 Å². The van der Waals surface area contributed by atoms with Crippen molar-refractivity contribution in [1.82, 2.24) is 0 Å². The van der Waals surface area contributed by atoms with Gasteiger partial charge in [0.1, 0.15) is 0 Å². The van der Waals surface area contributed by atoms with Gasteiger partial charge in [0.05, 0.1) is 24.7 Å². The van der Waals surface area contributed by atoms with Gasteiger partial charge in [0.25, 0.3) is 0 Å². The number of ether oxygens (including phenoxy) is 3. The minimum absolute atomic E-state index is 0.117. The Hall–Kier alpha value is -0.610. The quantitative estimate of drug-likeness (QED) is 0.711. The Balaban J connectivity index is 2.28. The van der Waals surface area contributed by atoms with E-state index in [1.807, 2.05) is 34.6 Å². The molecule has 106 valence electrons. The summed E-state index contributed by atoms with van der Waals surface area (Å²) in [5, 5.41) is 0. The van der Waals surface area contributed by atoms with Gasteiger partial charge in [-0.15, -0.1) is 0 Å². The highest BCUT2D eigenvalue weighted by molar-refractivity contribution is 5.75. The number of rotatable bonds is 5. The monoisotopic (exact) mass is 258 g/mol. The van der Waals surface area contributed by atoms with Gasteiger partial charge in [-0.3, -0.25) is 4.79 Å². The molecule has 0 bridgehead atoms. The van der Waals surface area contributed by atoms with Crippen LogP contribution in [0.4, 0.5) is 0 Å². The number of esters is 1. The van der Waals surface area contributed by atoms with Crippen molar-refractivity contribution in [3.8, 4) is 0 Å². The fourth-order valence-electron chi connectivity index (χ4n) is 1.76. The molecule has 0 saturated carbocycles. The fraction of sp³-hybridized carbons (Fsp3) is 0.929. The van der Waals surface area contributed by atoms with E-state index in [-0.39, 0.29) is 12.1 Å². The SMILES string of the molecule is CCC(C)(C)C(=O)OCCC1CCOC(C)(C)O1. The van der Waals surface area contributed by atoms with E-state index in [1.54, 1.807) is 0 Å². The Morgan fingerprint density at radius 3 is 2.67 bits per heavy atom. The zero-order valence-corrected chi connectivity index (χ0v) is 12.2. The van der Waals surface area contributed by atoms with Gasteiger partial charge in [0.2, 0.25) is 0 Å². The first kappa shape index (κ1) is 15.4. The molecule has 1 saturated heterocycles. The summed E-state index contributed by atoms with van der Waals surface area (Å²) < 4.78 is 16.5. The van der Waals surface area contributed by atoms with Crippen LogP contribution >= 0.6 is 0 Å². The third kappa shape index (κ3) is 4.58. The second-order valence-corrected chi connectivity index (χ2v) is 5.94. The number of carbonyl (C=O) groups excluding carboxylic acids is 1.